The van der Waals surface area contributed by atoms with Crippen LogP contribution in [0.3, 0.4) is 0 Å². The van der Waals surface area contributed by atoms with Gasteiger partial charge in [0.2, 0.25) is 5.91 Å². The number of carbonyl (C=O) groups excluding carboxylic acids is 1. The number of aromatic nitrogens is 2. The summed E-state index contributed by atoms with van der Waals surface area (Å²) >= 11 is 9.28. The first-order valence-electron chi connectivity index (χ1n) is 7.67. The first kappa shape index (κ1) is 15.7. The maximum absolute atomic E-state index is 12.2. The van der Waals surface area contributed by atoms with E-state index < -0.39 is 0 Å². The second-order valence-electron chi connectivity index (χ2n) is 5.59. The van der Waals surface area contributed by atoms with Crippen molar-refractivity contribution in [1.82, 2.24) is 9.97 Å². The first-order valence-corrected chi connectivity index (χ1v) is 9.74. The van der Waals surface area contributed by atoms with Crippen molar-refractivity contribution in [2.24, 2.45) is 0 Å². The van der Waals surface area contributed by atoms with Crippen LogP contribution in [0, 0.1) is 0 Å². The van der Waals surface area contributed by atoms with E-state index in [0.717, 1.165) is 34.8 Å². The van der Waals surface area contributed by atoms with Gasteiger partial charge in [0, 0.05) is 15.8 Å². The summed E-state index contributed by atoms with van der Waals surface area (Å²) in [7, 11) is 0. The third-order valence-electron chi connectivity index (χ3n) is 3.84. The molecule has 0 aliphatic heterocycles. The minimum Gasteiger partial charge on any atom is -0.302 e. The van der Waals surface area contributed by atoms with E-state index >= 15 is 0 Å². The van der Waals surface area contributed by atoms with Gasteiger partial charge in [0.15, 0.2) is 5.13 Å². The molecule has 1 N–H and O–H groups in total. The van der Waals surface area contributed by atoms with Gasteiger partial charge in [-0.25, -0.2) is 9.97 Å². The molecule has 0 bridgehead atoms. The Morgan fingerprint density at radius 2 is 2.12 bits per heavy atom. The molecule has 2 heterocycles. The molecule has 7 heteroatoms. The molecule has 0 saturated carbocycles. The standard InChI is InChI=1S/C17H14ClN3OS2/c18-12-5-2-1-4-11(12)16-19-10(9-23-16)8-15(22)21-17-20-13-6-3-7-14(13)24-17/h1-2,4-5,9H,3,6-8H2,(H,20,21,22). The summed E-state index contributed by atoms with van der Waals surface area (Å²) in [5.41, 5.74) is 2.79. The molecular formula is C17H14ClN3OS2. The molecule has 3 aromatic rings. The van der Waals surface area contributed by atoms with Gasteiger partial charge in [0.1, 0.15) is 5.01 Å². The van der Waals surface area contributed by atoms with Gasteiger partial charge >= 0.3 is 0 Å². The third-order valence-corrected chi connectivity index (χ3v) is 6.17. The monoisotopic (exact) mass is 375 g/mol. The summed E-state index contributed by atoms with van der Waals surface area (Å²) < 4.78 is 0. The first-order chi connectivity index (χ1) is 11.7. The average Bonchev–Trinajstić information content (AvgIpc) is 3.24. The highest BCUT2D eigenvalue weighted by Gasteiger charge is 2.18. The van der Waals surface area contributed by atoms with E-state index in [0.29, 0.717) is 10.2 Å². The van der Waals surface area contributed by atoms with E-state index in [-0.39, 0.29) is 12.3 Å². The molecular weight excluding hydrogens is 362 g/mol. The highest BCUT2D eigenvalue weighted by atomic mass is 35.5. The van der Waals surface area contributed by atoms with E-state index in [1.807, 2.05) is 29.6 Å². The SMILES string of the molecule is O=C(Cc1csc(-c2ccccc2Cl)n1)Nc1nc2c(s1)CCC2. The number of amides is 1. The van der Waals surface area contributed by atoms with Gasteiger partial charge < -0.3 is 5.32 Å². The Balaban J connectivity index is 1.43. The Bertz CT molecular complexity index is 881. The van der Waals surface area contributed by atoms with Crippen molar-refractivity contribution in [2.45, 2.75) is 25.7 Å². The van der Waals surface area contributed by atoms with Crippen molar-refractivity contribution in [3.05, 3.63) is 50.9 Å². The van der Waals surface area contributed by atoms with Gasteiger partial charge in [-0.05, 0) is 25.3 Å². The van der Waals surface area contributed by atoms with E-state index in [9.17, 15) is 4.79 Å². The summed E-state index contributed by atoms with van der Waals surface area (Å²) in [6.45, 7) is 0. The fourth-order valence-electron chi connectivity index (χ4n) is 2.72. The van der Waals surface area contributed by atoms with Crippen LogP contribution in [0.5, 0.6) is 0 Å². The Kier molecular flexibility index (Phi) is 4.35. The molecule has 24 heavy (non-hydrogen) atoms. The van der Waals surface area contributed by atoms with Gasteiger partial charge in [0.25, 0.3) is 0 Å². The number of halogens is 1. The second kappa shape index (κ2) is 6.63. The molecule has 0 unspecified atom stereocenters. The van der Waals surface area contributed by atoms with Gasteiger partial charge in [0.05, 0.1) is 22.8 Å². The lowest BCUT2D eigenvalue weighted by atomic mass is 10.2. The van der Waals surface area contributed by atoms with Gasteiger partial charge in [-0.2, -0.15) is 0 Å². The average molecular weight is 376 g/mol. The zero-order valence-electron chi connectivity index (χ0n) is 12.7. The van der Waals surface area contributed by atoms with Crippen LogP contribution in [0.25, 0.3) is 10.6 Å². The van der Waals surface area contributed by atoms with Crippen LogP contribution in [0.2, 0.25) is 5.02 Å². The lowest BCUT2D eigenvalue weighted by Gasteiger charge is -2.00. The highest BCUT2D eigenvalue weighted by Crippen LogP contribution is 2.31. The van der Waals surface area contributed by atoms with Crippen LogP contribution in [0.15, 0.2) is 29.6 Å². The van der Waals surface area contributed by atoms with Crippen molar-refractivity contribution in [2.75, 3.05) is 5.32 Å². The van der Waals surface area contributed by atoms with Crippen LogP contribution in [0.4, 0.5) is 5.13 Å². The Morgan fingerprint density at radius 1 is 1.25 bits per heavy atom. The fraction of sp³-hybridized carbons (Fsp3) is 0.235. The topological polar surface area (TPSA) is 54.9 Å². The summed E-state index contributed by atoms with van der Waals surface area (Å²) in [6, 6.07) is 7.59. The summed E-state index contributed by atoms with van der Waals surface area (Å²) in [5.74, 6) is -0.0848. The predicted octanol–water partition coefficient (Wildman–Crippen LogP) is 4.59. The number of fused-ring (bicyclic) bond motifs is 1. The Morgan fingerprint density at radius 3 is 2.96 bits per heavy atom. The molecule has 0 radical (unpaired) electrons. The van der Waals surface area contributed by atoms with E-state index in [4.69, 9.17) is 11.6 Å². The molecule has 1 aliphatic rings. The van der Waals surface area contributed by atoms with E-state index in [2.05, 4.69) is 15.3 Å². The molecule has 2 aromatic heterocycles. The fourth-order valence-corrected chi connectivity index (χ4v) is 4.92. The number of benzene rings is 1. The largest absolute Gasteiger partial charge is 0.302 e. The van der Waals surface area contributed by atoms with Crippen molar-refractivity contribution < 1.29 is 4.79 Å². The van der Waals surface area contributed by atoms with Gasteiger partial charge in [-0.1, -0.05) is 29.8 Å². The number of nitrogens with zero attached hydrogens (tertiary/aromatic N) is 2. The maximum atomic E-state index is 12.2. The third kappa shape index (κ3) is 3.22. The summed E-state index contributed by atoms with van der Waals surface area (Å²) in [4.78, 5) is 22.5. The lowest BCUT2D eigenvalue weighted by Crippen LogP contribution is -2.14. The summed E-state index contributed by atoms with van der Waals surface area (Å²) in [5, 5.41) is 6.99. The Labute approximate surface area is 152 Å². The number of thiazole rings is 2. The zero-order valence-corrected chi connectivity index (χ0v) is 15.1. The van der Waals surface area contributed by atoms with Crippen molar-refractivity contribution >= 4 is 45.3 Å². The quantitative estimate of drug-likeness (QED) is 0.725. The molecule has 1 aliphatic carbocycles. The molecule has 0 fully saturated rings. The van der Waals surface area contributed by atoms with Crippen LogP contribution in [0.1, 0.15) is 22.7 Å². The van der Waals surface area contributed by atoms with Gasteiger partial charge in [-0.3, -0.25) is 4.79 Å². The number of hydrogen-bond donors (Lipinski definition) is 1. The number of nitrogens with one attached hydrogen (secondary N) is 1. The van der Waals surface area contributed by atoms with Crippen LogP contribution >= 0.6 is 34.3 Å². The predicted molar refractivity (Wildman–Crippen MR) is 99.0 cm³/mol. The summed E-state index contributed by atoms with van der Waals surface area (Å²) in [6.07, 6.45) is 3.52. The number of rotatable bonds is 4. The molecule has 0 atom stereocenters. The number of carbonyl (C=O) groups is 1. The molecule has 0 saturated heterocycles. The van der Waals surface area contributed by atoms with Crippen LogP contribution in [-0.2, 0) is 24.1 Å². The maximum Gasteiger partial charge on any atom is 0.232 e. The van der Waals surface area contributed by atoms with E-state index in [1.54, 1.807) is 11.3 Å². The minimum atomic E-state index is -0.0848. The molecule has 1 amide bonds. The highest BCUT2D eigenvalue weighted by molar-refractivity contribution is 7.16. The molecule has 122 valence electrons. The molecule has 4 rings (SSSR count). The van der Waals surface area contributed by atoms with Crippen molar-refractivity contribution in [3.63, 3.8) is 0 Å². The van der Waals surface area contributed by atoms with Crippen LogP contribution < -0.4 is 5.32 Å². The molecule has 1 aromatic carbocycles. The normalized spacial score (nSPS) is 13.0. The Hall–Kier alpha value is -1.76. The smallest absolute Gasteiger partial charge is 0.232 e. The lowest BCUT2D eigenvalue weighted by molar-refractivity contribution is -0.115. The number of aryl methyl sites for hydroxylation is 2. The van der Waals surface area contributed by atoms with Crippen molar-refractivity contribution in [1.29, 1.82) is 0 Å². The second-order valence-corrected chi connectivity index (χ2v) is 7.94. The molecule has 4 nitrogen and oxygen atoms in total. The van der Waals surface area contributed by atoms with Gasteiger partial charge in [-0.15, -0.1) is 22.7 Å². The number of hydrogen-bond acceptors (Lipinski definition) is 5. The number of anilines is 1. The van der Waals surface area contributed by atoms with Crippen molar-refractivity contribution in [3.8, 4) is 10.6 Å². The molecule has 0 spiro atoms. The minimum absolute atomic E-state index is 0.0848. The van der Waals surface area contributed by atoms with E-state index in [1.165, 1.54) is 22.6 Å². The zero-order chi connectivity index (χ0) is 16.5. The van der Waals surface area contributed by atoms with Crippen LogP contribution in [-0.4, -0.2) is 15.9 Å².